The van der Waals surface area contributed by atoms with Gasteiger partial charge in [-0.05, 0) is 74.2 Å². The third kappa shape index (κ3) is 4.02. The number of nitrogens with one attached hydrogen (secondary N) is 1. The van der Waals surface area contributed by atoms with Crippen molar-refractivity contribution in [1.29, 1.82) is 0 Å². The first-order chi connectivity index (χ1) is 9.60. The zero-order valence-electron chi connectivity index (χ0n) is 12.5. The van der Waals surface area contributed by atoms with E-state index in [2.05, 4.69) is 19.2 Å². The lowest BCUT2D eigenvalue weighted by Gasteiger charge is -2.36. The molecule has 1 aliphatic carbocycles. The monoisotopic (exact) mass is 281 g/mol. The summed E-state index contributed by atoms with van der Waals surface area (Å²) in [5, 5.41) is 3.58. The first kappa shape index (κ1) is 15.4. The molecule has 3 heteroatoms. The van der Waals surface area contributed by atoms with Gasteiger partial charge in [0.1, 0.15) is 11.6 Å². The Kier molecular flexibility index (Phi) is 5.53. The summed E-state index contributed by atoms with van der Waals surface area (Å²) in [4.78, 5) is 0. The van der Waals surface area contributed by atoms with Crippen LogP contribution >= 0.6 is 0 Å². The van der Waals surface area contributed by atoms with Crippen LogP contribution in [-0.4, -0.2) is 12.6 Å². The van der Waals surface area contributed by atoms with Crippen molar-refractivity contribution in [3.63, 3.8) is 0 Å². The summed E-state index contributed by atoms with van der Waals surface area (Å²) in [5.41, 5.74) is 0.521. The van der Waals surface area contributed by atoms with Crippen LogP contribution in [0.4, 0.5) is 8.78 Å². The smallest absolute Gasteiger partial charge is 0.126 e. The van der Waals surface area contributed by atoms with Crippen LogP contribution in [0.2, 0.25) is 0 Å². The molecule has 1 aliphatic rings. The molecule has 0 bridgehead atoms. The van der Waals surface area contributed by atoms with E-state index in [1.54, 1.807) is 0 Å². The Bertz CT molecular complexity index is 431. The molecule has 0 heterocycles. The average Bonchev–Trinajstić information content (AvgIpc) is 2.42. The van der Waals surface area contributed by atoms with Gasteiger partial charge in [-0.15, -0.1) is 0 Å². The van der Waals surface area contributed by atoms with Crippen LogP contribution in [0.25, 0.3) is 0 Å². The van der Waals surface area contributed by atoms with Crippen molar-refractivity contribution in [3.8, 4) is 0 Å². The van der Waals surface area contributed by atoms with Gasteiger partial charge in [0.25, 0.3) is 0 Å². The molecule has 0 aliphatic heterocycles. The molecule has 1 nitrogen and oxygen atoms in total. The molecule has 1 saturated carbocycles. The third-order valence-corrected chi connectivity index (χ3v) is 4.39. The number of halogens is 2. The molecule has 0 radical (unpaired) electrons. The predicted octanol–water partition coefficient (Wildman–Crippen LogP) is 4.31. The Morgan fingerprint density at radius 3 is 2.80 bits per heavy atom. The van der Waals surface area contributed by atoms with Crippen LogP contribution in [0.5, 0.6) is 0 Å². The number of benzene rings is 1. The molecular formula is C17H25F2N. The van der Waals surface area contributed by atoms with Crippen LogP contribution in [0.3, 0.4) is 0 Å². The van der Waals surface area contributed by atoms with Crippen molar-refractivity contribution in [3.05, 3.63) is 35.4 Å². The lowest BCUT2D eigenvalue weighted by molar-refractivity contribution is 0.211. The molecule has 0 spiro atoms. The maximum Gasteiger partial charge on any atom is 0.126 e. The van der Waals surface area contributed by atoms with Gasteiger partial charge < -0.3 is 5.32 Å². The second-order valence-electron chi connectivity index (χ2n) is 6.18. The Morgan fingerprint density at radius 1 is 1.25 bits per heavy atom. The highest BCUT2D eigenvalue weighted by Gasteiger charge is 2.28. The van der Waals surface area contributed by atoms with Crippen molar-refractivity contribution in [2.24, 2.45) is 11.8 Å². The Hall–Kier alpha value is -0.960. The summed E-state index contributed by atoms with van der Waals surface area (Å²) in [6.45, 7) is 5.41. The summed E-state index contributed by atoms with van der Waals surface area (Å²) in [5.74, 6) is 0.458. The van der Waals surface area contributed by atoms with E-state index in [1.165, 1.54) is 24.6 Å². The highest BCUT2D eigenvalue weighted by atomic mass is 19.1. The molecule has 0 saturated heterocycles. The van der Waals surface area contributed by atoms with E-state index in [0.29, 0.717) is 29.9 Å². The van der Waals surface area contributed by atoms with Crippen LogP contribution in [-0.2, 0) is 6.42 Å². The summed E-state index contributed by atoms with van der Waals surface area (Å²) < 4.78 is 27.1. The fourth-order valence-corrected chi connectivity index (χ4v) is 3.30. The fourth-order valence-electron chi connectivity index (χ4n) is 3.30. The molecule has 2 rings (SSSR count). The van der Waals surface area contributed by atoms with Gasteiger partial charge in [0.2, 0.25) is 0 Å². The van der Waals surface area contributed by atoms with Gasteiger partial charge >= 0.3 is 0 Å². The van der Waals surface area contributed by atoms with E-state index in [1.807, 2.05) is 0 Å². The largest absolute Gasteiger partial charge is 0.314 e. The van der Waals surface area contributed by atoms with E-state index in [0.717, 1.165) is 25.8 Å². The van der Waals surface area contributed by atoms with Crippen LogP contribution in [0.1, 0.15) is 45.1 Å². The first-order valence-electron chi connectivity index (χ1n) is 7.77. The van der Waals surface area contributed by atoms with Crippen molar-refractivity contribution >= 4 is 0 Å². The van der Waals surface area contributed by atoms with Crippen molar-refractivity contribution in [2.45, 2.75) is 52.0 Å². The first-order valence-corrected chi connectivity index (χ1v) is 7.77. The predicted molar refractivity (Wildman–Crippen MR) is 78.6 cm³/mol. The molecule has 1 N–H and O–H groups in total. The minimum absolute atomic E-state index is 0.279. The van der Waals surface area contributed by atoms with Gasteiger partial charge in [-0.1, -0.05) is 13.8 Å². The summed E-state index contributed by atoms with van der Waals surface area (Å²) in [6.07, 6.45) is 5.20. The quantitative estimate of drug-likeness (QED) is 0.848. The molecule has 3 atom stereocenters. The standard InChI is InChI=1S/C17H25F2N/c1-3-8-20-17-7-4-12(2)9-14(17)10-13-11-15(18)5-6-16(13)19/h5-6,11-12,14,17,20H,3-4,7-10H2,1-2H3. The van der Waals surface area contributed by atoms with Gasteiger partial charge in [0.05, 0.1) is 0 Å². The SMILES string of the molecule is CCCNC1CCC(C)CC1Cc1cc(F)ccc1F. The van der Waals surface area contributed by atoms with Crippen molar-refractivity contribution in [1.82, 2.24) is 5.32 Å². The van der Waals surface area contributed by atoms with Crippen LogP contribution in [0.15, 0.2) is 18.2 Å². The van der Waals surface area contributed by atoms with E-state index < -0.39 is 0 Å². The second-order valence-corrected chi connectivity index (χ2v) is 6.18. The molecular weight excluding hydrogens is 256 g/mol. The van der Waals surface area contributed by atoms with Gasteiger partial charge in [-0.25, -0.2) is 8.78 Å². The van der Waals surface area contributed by atoms with Crippen molar-refractivity contribution in [2.75, 3.05) is 6.54 Å². The number of hydrogen-bond donors (Lipinski definition) is 1. The van der Waals surface area contributed by atoms with Crippen LogP contribution in [0, 0.1) is 23.5 Å². The lowest BCUT2D eigenvalue weighted by Crippen LogP contribution is -2.41. The van der Waals surface area contributed by atoms with Gasteiger partial charge in [-0.2, -0.15) is 0 Å². The fraction of sp³-hybridized carbons (Fsp3) is 0.647. The minimum atomic E-state index is -0.344. The number of hydrogen-bond acceptors (Lipinski definition) is 1. The van der Waals surface area contributed by atoms with Gasteiger partial charge in [-0.3, -0.25) is 0 Å². The lowest BCUT2D eigenvalue weighted by atomic mass is 9.76. The Balaban J connectivity index is 2.08. The van der Waals surface area contributed by atoms with E-state index in [9.17, 15) is 8.78 Å². The maximum absolute atomic E-state index is 13.8. The molecule has 1 fully saturated rings. The van der Waals surface area contributed by atoms with Crippen LogP contribution < -0.4 is 5.32 Å². The van der Waals surface area contributed by atoms with E-state index in [4.69, 9.17) is 0 Å². The summed E-state index contributed by atoms with van der Waals surface area (Å²) >= 11 is 0. The van der Waals surface area contributed by atoms with E-state index in [-0.39, 0.29) is 11.6 Å². The minimum Gasteiger partial charge on any atom is -0.314 e. The van der Waals surface area contributed by atoms with Crippen molar-refractivity contribution < 1.29 is 8.78 Å². The molecule has 20 heavy (non-hydrogen) atoms. The molecule has 1 aromatic rings. The van der Waals surface area contributed by atoms with Gasteiger partial charge in [0, 0.05) is 6.04 Å². The summed E-state index contributed by atoms with van der Waals surface area (Å²) in [6, 6.07) is 4.22. The molecule has 3 unspecified atom stereocenters. The maximum atomic E-state index is 13.8. The molecule has 112 valence electrons. The zero-order valence-corrected chi connectivity index (χ0v) is 12.5. The highest BCUT2D eigenvalue weighted by molar-refractivity contribution is 5.19. The molecule has 1 aromatic carbocycles. The average molecular weight is 281 g/mol. The Labute approximate surface area is 120 Å². The third-order valence-electron chi connectivity index (χ3n) is 4.39. The normalized spacial score (nSPS) is 26.7. The van der Waals surface area contributed by atoms with Gasteiger partial charge in [0.15, 0.2) is 0 Å². The Morgan fingerprint density at radius 2 is 2.05 bits per heavy atom. The second kappa shape index (κ2) is 7.16. The number of rotatable bonds is 5. The highest BCUT2D eigenvalue weighted by Crippen LogP contribution is 2.32. The molecule has 0 aromatic heterocycles. The molecule has 0 amide bonds. The topological polar surface area (TPSA) is 12.0 Å². The zero-order chi connectivity index (χ0) is 14.5. The summed E-state index contributed by atoms with van der Waals surface area (Å²) in [7, 11) is 0. The van der Waals surface area contributed by atoms with E-state index >= 15 is 0 Å².